The Bertz CT molecular complexity index is 819. The Balaban J connectivity index is 2.09. The molecule has 0 spiro atoms. The van der Waals surface area contributed by atoms with Gasteiger partial charge in [0, 0.05) is 36.7 Å². The van der Waals surface area contributed by atoms with Crippen molar-refractivity contribution in [3.63, 3.8) is 0 Å². The minimum atomic E-state index is 0.0659. The summed E-state index contributed by atoms with van der Waals surface area (Å²) in [5, 5.41) is 4.25. The summed E-state index contributed by atoms with van der Waals surface area (Å²) in [6.07, 6.45) is 3.21. The van der Waals surface area contributed by atoms with Crippen molar-refractivity contribution < 1.29 is 0 Å². The molecule has 0 amide bonds. The molecule has 1 aromatic heterocycles. The van der Waals surface area contributed by atoms with Crippen molar-refractivity contribution in [2.75, 3.05) is 19.6 Å². The number of aromatic nitrogens is 2. The van der Waals surface area contributed by atoms with Crippen molar-refractivity contribution >= 4 is 26.8 Å². The molecule has 1 aromatic carbocycles. The Hall–Kier alpha value is -1.24. The largest absolute Gasteiger partial charge is 0.313 e. The van der Waals surface area contributed by atoms with Gasteiger partial charge in [-0.05, 0) is 44.9 Å². The molecule has 0 saturated carbocycles. The molecule has 0 radical (unpaired) electrons. The first kappa shape index (κ1) is 19.5. The average Bonchev–Trinajstić information content (AvgIpc) is 2.85. The predicted octanol–water partition coefficient (Wildman–Crippen LogP) is 3.70. The van der Waals surface area contributed by atoms with Crippen molar-refractivity contribution in [3.05, 3.63) is 38.9 Å². The van der Waals surface area contributed by atoms with Gasteiger partial charge in [-0.15, -0.1) is 0 Å². The van der Waals surface area contributed by atoms with E-state index in [0.717, 1.165) is 54.7 Å². The van der Waals surface area contributed by atoms with E-state index in [0.29, 0.717) is 18.0 Å². The first-order valence-electron chi connectivity index (χ1n) is 9.72. The summed E-state index contributed by atoms with van der Waals surface area (Å²) in [5.41, 5.74) is 0.858. The SMILES string of the molecule is CCC[C@@H](c1nc2ccc(Br)cc2c(=O)n1CC)N1CCN[C@H](C)CC1. The lowest BCUT2D eigenvalue weighted by atomic mass is 10.1. The van der Waals surface area contributed by atoms with E-state index >= 15 is 0 Å². The van der Waals surface area contributed by atoms with Crippen LogP contribution < -0.4 is 10.9 Å². The van der Waals surface area contributed by atoms with Gasteiger partial charge in [-0.3, -0.25) is 14.3 Å². The first-order chi connectivity index (χ1) is 12.5. The van der Waals surface area contributed by atoms with Crippen LogP contribution in [-0.4, -0.2) is 40.1 Å². The lowest BCUT2D eigenvalue weighted by molar-refractivity contribution is 0.184. The normalized spacial score (nSPS) is 20.2. The maximum absolute atomic E-state index is 13.1. The summed E-state index contributed by atoms with van der Waals surface area (Å²) in [6, 6.07) is 6.51. The van der Waals surface area contributed by atoms with Gasteiger partial charge in [0.2, 0.25) is 0 Å². The fraction of sp³-hybridized carbons (Fsp3) is 0.600. The highest BCUT2D eigenvalue weighted by Gasteiger charge is 2.26. The van der Waals surface area contributed by atoms with E-state index in [4.69, 9.17) is 4.98 Å². The smallest absolute Gasteiger partial charge is 0.261 e. The standard InChI is InChI=1S/C20H29BrN4O/c1-4-6-18(24-11-9-14(3)22-10-12-24)19-23-17-8-7-15(21)13-16(17)20(26)25(19)5-2/h7-8,13-14,18,22H,4-6,9-12H2,1-3H3/t14-,18+/m1/s1. The number of rotatable bonds is 5. The van der Waals surface area contributed by atoms with Crippen molar-refractivity contribution in [3.8, 4) is 0 Å². The zero-order valence-corrected chi connectivity index (χ0v) is 17.6. The van der Waals surface area contributed by atoms with E-state index in [2.05, 4.69) is 40.0 Å². The van der Waals surface area contributed by atoms with Gasteiger partial charge in [0.1, 0.15) is 5.82 Å². The number of fused-ring (bicyclic) bond motifs is 1. The fourth-order valence-electron chi connectivity index (χ4n) is 3.86. The van der Waals surface area contributed by atoms with E-state index in [9.17, 15) is 4.79 Å². The molecule has 0 bridgehead atoms. The number of benzene rings is 1. The molecule has 26 heavy (non-hydrogen) atoms. The van der Waals surface area contributed by atoms with Crippen LogP contribution in [0.4, 0.5) is 0 Å². The maximum Gasteiger partial charge on any atom is 0.261 e. The lowest BCUT2D eigenvalue weighted by Gasteiger charge is -2.31. The van der Waals surface area contributed by atoms with E-state index in [1.165, 1.54) is 0 Å². The molecule has 1 N–H and O–H groups in total. The molecule has 2 heterocycles. The molecule has 1 aliphatic heterocycles. The third-order valence-corrected chi connectivity index (χ3v) is 5.80. The van der Waals surface area contributed by atoms with Gasteiger partial charge in [-0.1, -0.05) is 29.3 Å². The van der Waals surface area contributed by atoms with Crippen LogP contribution in [-0.2, 0) is 6.54 Å². The fourth-order valence-corrected chi connectivity index (χ4v) is 4.22. The van der Waals surface area contributed by atoms with Gasteiger partial charge in [-0.25, -0.2) is 4.98 Å². The number of hydrogen-bond donors (Lipinski definition) is 1. The Kier molecular flexibility index (Phi) is 6.48. The van der Waals surface area contributed by atoms with Gasteiger partial charge < -0.3 is 5.32 Å². The molecule has 2 aromatic rings. The van der Waals surface area contributed by atoms with Crippen LogP contribution >= 0.6 is 15.9 Å². The van der Waals surface area contributed by atoms with E-state index in [-0.39, 0.29) is 11.6 Å². The molecule has 142 valence electrons. The second-order valence-electron chi connectivity index (χ2n) is 7.17. The Morgan fingerprint density at radius 2 is 2.15 bits per heavy atom. The molecule has 1 fully saturated rings. The van der Waals surface area contributed by atoms with Gasteiger partial charge in [0.25, 0.3) is 5.56 Å². The summed E-state index contributed by atoms with van der Waals surface area (Å²) >= 11 is 3.47. The second-order valence-corrected chi connectivity index (χ2v) is 8.08. The van der Waals surface area contributed by atoms with Crippen LogP contribution in [0.15, 0.2) is 27.5 Å². The minimum Gasteiger partial charge on any atom is -0.313 e. The van der Waals surface area contributed by atoms with Crippen LogP contribution in [0.2, 0.25) is 0 Å². The van der Waals surface area contributed by atoms with Crippen molar-refractivity contribution in [2.45, 2.75) is 58.7 Å². The van der Waals surface area contributed by atoms with Crippen LogP contribution in [0.5, 0.6) is 0 Å². The summed E-state index contributed by atoms with van der Waals surface area (Å²) in [5.74, 6) is 0.920. The molecule has 6 heteroatoms. The Morgan fingerprint density at radius 3 is 2.88 bits per heavy atom. The molecule has 2 atom stereocenters. The highest BCUT2D eigenvalue weighted by atomic mass is 79.9. The van der Waals surface area contributed by atoms with Crippen molar-refractivity contribution in [1.82, 2.24) is 19.8 Å². The van der Waals surface area contributed by atoms with E-state index < -0.39 is 0 Å². The Labute approximate surface area is 163 Å². The molecule has 3 rings (SSSR count). The highest BCUT2D eigenvalue weighted by molar-refractivity contribution is 9.10. The number of hydrogen-bond acceptors (Lipinski definition) is 4. The number of nitrogens with zero attached hydrogens (tertiary/aromatic N) is 3. The summed E-state index contributed by atoms with van der Waals surface area (Å²) in [7, 11) is 0. The minimum absolute atomic E-state index is 0.0659. The highest BCUT2D eigenvalue weighted by Crippen LogP contribution is 2.27. The predicted molar refractivity (Wildman–Crippen MR) is 111 cm³/mol. The van der Waals surface area contributed by atoms with Gasteiger partial charge in [0.05, 0.1) is 16.9 Å². The van der Waals surface area contributed by atoms with Crippen LogP contribution in [0.1, 0.15) is 51.9 Å². The third kappa shape index (κ3) is 4.02. The van der Waals surface area contributed by atoms with Crippen LogP contribution in [0, 0.1) is 0 Å². The third-order valence-electron chi connectivity index (χ3n) is 5.30. The molecule has 1 aliphatic rings. The topological polar surface area (TPSA) is 50.2 Å². The van der Waals surface area contributed by atoms with Gasteiger partial charge in [0.15, 0.2) is 0 Å². The lowest BCUT2D eigenvalue weighted by Crippen LogP contribution is -2.37. The molecule has 1 saturated heterocycles. The van der Waals surface area contributed by atoms with E-state index in [1.54, 1.807) is 0 Å². The summed E-state index contributed by atoms with van der Waals surface area (Å²) in [4.78, 5) is 20.6. The Morgan fingerprint density at radius 1 is 1.35 bits per heavy atom. The molecule has 5 nitrogen and oxygen atoms in total. The molecule has 0 unspecified atom stereocenters. The van der Waals surface area contributed by atoms with Crippen molar-refractivity contribution in [1.29, 1.82) is 0 Å². The maximum atomic E-state index is 13.1. The van der Waals surface area contributed by atoms with Crippen LogP contribution in [0.3, 0.4) is 0 Å². The van der Waals surface area contributed by atoms with Gasteiger partial charge in [-0.2, -0.15) is 0 Å². The van der Waals surface area contributed by atoms with Gasteiger partial charge >= 0.3 is 0 Å². The average molecular weight is 421 g/mol. The van der Waals surface area contributed by atoms with Crippen molar-refractivity contribution in [2.24, 2.45) is 0 Å². The second kappa shape index (κ2) is 8.63. The quantitative estimate of drug-likeness (QED) is 0.800. The number of halogens is 1. The summed E-state index contributed by atoms with van der Waals surface area (Å²) < 4.78 is 2.79. The molecular weight excluding hydrogens is 392 g/mol. The monoisotopic (exact) mass is 420 g/mol. The first-order valence-corrected chi connectivity index (χ1v) is 10.5. The zero-order valence-electron chi connectivity index (χ0n) is 16.0. The zero-order chi connectivity index (χ0) is 18.7. The van der Waals surface area contributed by atoms with Crippen LogP contribution in [0.25, 0.3) is 10.9 Å². The summed E-state index contributed by atoms with van der Waals surface area (Å²) in [6.45, 7) is 10.1. The molecule has 0 aliphatic carbocycles. The van der Waals surface area contributed by atoms with E-state index in [1.807, 2.05) is 29.7 Å². The molecular formula is C20H29BrN4O. The number of nitrogens with one attached hydrogen (secondary N) is 1.